The van der Waals surface area contributed by atoms with E-state index in [9.17, 15) is 0 Å². The molecule has 0 bridgehead atoms. The summed E-state index contributed by atoms with van der Waals surface area (Å²) in [5, 5.41) is 0. The zero-order valence-corrected chi connectivity index (χ0v) is 20.4. The average Bonchev–Trinajstić information content (AvgIpc) is 3.42. The van der Waals surface area contributed by atoms with Crippen LogP contribution in [0.25, 0.3) is 0 Å². The zero-order chi connectivity index (χ0) is 24.9. The van der Waals surface area contributed by atoms with E-state index in [0.29, 0.717) is 17.9 Å². The third-order valence-electron chi connectivity index (χ3n) is 6.53. The number of allylic oxidation sites excluding steroid dienone is 5. The molecule has 4 heteroatoms. The van der Waals surface area contributed by atoms with Gasteiger partial charge in [-0.1, -0.05) is 78.9 Å². The number of hydrogen-bond donors (Lipinski definition) is 0. The number of methoxy groups -OCH3 is 1. The van der Waals surface area contributed by atoms with E-state index in [1.807, 2.05) is 86.0 Å². The van der Waals surface area contributed by atoms with Crippen LogP contribution < -0.4 is 4.74 Å². The molecular weight excluding hydrogens is 449 g/mol. The van der Waals surface area contributed by atoms with Crippen molar-refractivity contribution in [3.8, 4) is 5.75 Å². The fourth-order valence-electron chi connectivity index (χ4n) is 4.74. The van der Waals surface area contributed by atoms with Gasteiger partial charge in [0.15, 0.2) is 0 Å². The van der Waals surface area contributed by atoms with Crippen LogP contribution in [0.4, 0.5) is 4.39 Å². The van der Waals surface area contributed by atoms with E-state index in [2.05, 4.69) is 18.2 Å². The lowest BCUT2D eigenvalue weighted by Crippen LogP contribution is -2.12. The van der Waals surface area contributed by atoms with Gasteiger partial charge in [-0.3, -0.25) is 4.99 Å². The minimum atomic E-state index is -0.312. The molecule has 2 unspecified atom stereocenters. The van der Waals surface area contributed by atoms with Crippen LogP contribution in [0.15, 0.2) is 131 Å². The van der Waals surface area contributed by atoms with Crippen LogP contribution in [0, 0.1) is 5.82 Å². The predicted molar refractivity (Wildman–Crippen MR) is 143 cm³/mol. The van der Waals surface area contributed by atoms with Crippen LogP contribution in [0.2, 0.25) is 0 Å². The Bertz CT molecular complexity index is 1380. The van der Waals surface area contributed by atoms with Gasteiger partial charge in [0.25, 0.3) is 0 Å². The Morgan fingerprint density at radius 2 is 1.69 bits per heavy atom. The molecule has 0 aromatic heterocycles. The summed E-state index contributed by atoms with van der Waals surface area (Å²) in [4.78, 5) is 4.72. The lowest BCUT2D eigenvalue weighted by Gasteiger charge is -2.26. The van der Waals surface area contributed by atoms with E-state index < -0.39 is 0 Å². The molecule has 2 atom stereocenters. The van der Waals surface area contributed by atoms with Crippen molar-refractivity contribution in [2.24, 2.45) is 4.99 Å². The minimum Gasteiger partial charge on any atom is -0.496 e. The first-order valence-corrected chi connectivity index (χ1v) is 12.1. The molecule has 1 heterocycles. The summed E-state index contributed by atoms with van der Waals surface area (Å²) >= 11 is 0. The smallest absolute Gasteiger partial charge is 0.131 e. The van der Waals surface area contributed by atoms with Crippen molar-refractivity contribution in [1.82, 2.24) is 0 Å². The Labute approximate surface area is 211 Å². The van der Waals surface area contributed by atoms with Crippen molar-refractivity contribution in [3.05, 3.63) is 148 Å². The average molecular weight is 478 g/mol. The first kappa shape index (κ1) is 23.6. The van der Waals surface area contributed by atoms with E-state index in [1.54, 1.807) is 13.2 Å². The maximum Gasteiger partial charge on any atom is 0.131 e. The SMILES string of the molecule is CC=C1C(OC)=CC(c2ccc(OCc3ccccc3)cc2F)C=C1C1=CC=NC1c1ccccc1. The van der Waals surface area contributed by atoms with Crippen LogP contribution in [0.5, 0.6) is 5.75 Å². The summed E-state index contributed by atoms with van der Waals surface area (Å²) in [6.07, 6.45) is 10.0. The molecule has 3 aromatic rings. The summed E-state index contributed by atoms with van der Waals surface area (Å²) in [5.41, 5.74) is 5.79. The van der Waals surface area contributed by atoms with E-state index in [-0.39, 0.29) is 17.8 Å². The second kappa shape index (κ2) is 10.6. The molecule has 3 nitrogen and oxygen atoms in total. The Balaban J connectivity index is 1.45. The Hall–Kier alpha value is -4.18. The molecule has 180 valence electrons. The molecule has 1 aliphatic heterocycles. The molecule has 0 saturated heterocycles. The predicted octanol–water partition coefficient (Wildman–Crippen LogP) is 7.66. The number of ether oxygens (including phenoxy) is 2. The summed E-state index contributed by atoms with van der Waals surface area (Å²) in [6.45, 7) is 2.38. The van der Waals surface area contributed by atoms with Gasteiger partial charge in [-0.05, 0) is 53.0 Å². The van der Waals surface area contributed by atoms with Gasteiger partial charge in [-0.15, -0.1) is 0 Å². The highest BCUT2D eigenvalue weighted by atomic mass is 19.1. The first-order valence-electron chi connectivity index (χ1n) is 12.1. The standard InChI is InChI=1S/C32H28FNO2/c1-3-26-29(28-16-17-34-32(28)23-12-8-5-9-13-23)18-24(19-31(26)35-2)27-15-14-25(20-30(27)33)36-21-22-10-6-4-7-11-22/h3-20,24,32H,21H2,1-2H3. The maximum atomic E-state index is 15.4. The largest absolute Gasteiger partial charge is 0.496 e. The van der Waals surface area contributed by atoms with Crippen molar-refractivity contribution < 1.29 is 13.9 Å². The second-order valence-corrected chi connectivity index (χ2v) is 8.73. The summed E-state index contributed by atoms with van der Waals surface area (Å²) in [5.74, 6) is 0.623. The maximum absolute atomic E-state index is 15.4. The van der Waals surface area contributed by atoms with Gasteiger partial charge in [0.2, 0.25) is 0 Å². The third kappa shape index (κ3) is 4.80. The zero-order valence-electron chi connectivity index (χ0n) is 20.4. The van der Waals surface area contributed by atoms with Gasteiger partial charge in [0.05, 0.1) is 7.11 Å². The fraction of sp³-hybridized carbons (Fsp3) is 0.156. The molecule has 0 saturated carbocycles. The van der Waals surface area contributed by atoms with Crippen molar-refractivity contribution in [3.63, 3.8) is 0 Å². The molecule has 1 aliphatic carbocycles. The number of nitrogens with zero attached hydrogens (tertiary/aromatic N) is 1. The van der Waals surface area contributed by atoms with Gasteiger partial charge in [0.1, 0.15) is 30.0 Å². The van der Waals surface area contributed by atoms with Crippen LogP contribution in [0.3, 0.4) is 0 Å². The Morgan fingerprint density at radius 3 is 2.39 bits per heavy atom. The van der Waals surface area contributed by atoms with Gasteiger partial charge in [0, 0.05) is 23.8 Å². The van der Waals surface area contributed by atoms with Crippen LogP contribution in [0.1, 0.15) is 35.6 Å². The number of halogens is 1. The van der Waals surface area contributed by atoms with E-state index in [1.165, 1.54) is 6.07 Å². The topological polar surface area (TPSA) is 30.8 Å². The summed E-state index contributed by atoms with van der Waals surface area (Å²) in [6, 6.07) is 25.0. The molecule has 3 aromatic carbocycles. The van der Waals surface area contributed by atoms with E-state index >= 15 is 4.39 Å². The lowest BCUT2D eigenvalue weighted by molar-refractivity contribution is 0.298. The summed E-state index contributed by atoms with van der Waals surface area (Å²) in [7, 11) is 1.65. The van der Waals surface area contributed by atoms with Crippen LogP contribution in [-0.4, -0.2) is 13.3 Å². The Kier molecular flexibility index (Phi) is 6.94. The second-order valence-electron chi connectivity index (χ2n) is 8.73. The van der Waals surface area contributed by atoms with E-state index in [0.717, 1.165) is 33.6 Å². The molecule has 5 rings (SSSR count). The monoisotopic (exact) mass is 477 g/mol. The lowest BCUT2D eigenvalue weighted by atomic mass is 9.81. The molecule has 0 radical (unpaired) electrons. The molecule has 0 spiro atoms. The summed E-state index contributed by atoms with van der Waals surface area (Å²) < 4.78 is 27.0. The van der Waals surface area contributed by atoms with Crippen molar-refractivity contribution >= 4 is 6.21 Å². The molecule has 0 fully saturated rings. The van der Waals surface area contributed by atoms with Gasteiger partial charge >= 0.3 is 0 Å². The number of hydrogen-bond acceptors (Lipinski definition) is 3. The van der Waals surface area contributed by atoms with Crippen molar-refractivity contribution in [1.29, 1.82) is 0 Å². The molecular formula is C32H28FNO2. The number of aliphatic imine (C=N–C) groups is 1. The molecule has 2 aliphatic rings. The number of benzene rings is 3. The van der Waals surface area contributed by atoms with Gasteiger partial charge in [-0.2, -0.15) is 0 Å². The number of rotatable bonds is 7. The molecule has 36 heavy (non-hydrogen) atoms. The normalized spacial score (nSPS) is 20.1. The highest BCUT2D eigenvalue weighted by molar-refractivity contribution is 5.81. The van der Waals surface area contributed by atoms with Gasteiger partial charge in [-0.25, -0.2) is 4.39 Å². The first-order chi connectivity index (χ1) is 17.7. The Morgan fingerprint density at radius 1 is 0.944 bits per heavy atom. The fourth-order valence-corrected chi connectivity index (χ4v) is 4.74. The third-order valence-corrected chi connectivity index (χ3v) is 6.53. The quantitative estimate of drug-likeness (QED) is 0.350. The highest BCUT2D eigenvalue weighted by Crippen LogP contribution is 2.43. The molecule has 0 amide bonds. The minimum absolute atomic E-state index is 0.108. The van der Waals surface area contributed by atoms with E-state index in [4.69, 9.17) is 14.5 Å². The van der Waals surface area contributed by atoms with Crippen LogP contribution in [-0.2, 0) is 11.3 Å². The molecule has 0 N–H and O–H groups in total. The highest BCUT2D eigenvalue weighted by Gasteiger charge is 2.29. The van der Waals surface area contributed by atoms with Gasteiger partial charge < -0.3 is 9.47 Å². The van der Waals surface area contributed by atoms with Crippen LogP contribution >= 0.6 is 0 Å². The van der Waals surface area contributed by atoms with Crippen molar-refractivity contribution in [2.45, 2.75) is 25.5 Å². The van der Waals surface area contributed by atoms with Crippen molar-refractivity contribution in [2.75, 3.05) is 7.11 Å².